The van der Waals surface area contributed by atoms with Gasteiger partial charge in [-0.25, -0.2) is 0 Å². The lowest BCUT2D eigenvalue weighted by molar-refractivity contribution is -0.0728. The van der Waals surface area contributed by atoms with Crippen molar-refractivity contribution in [2.75, 3.05) is 26.3 Å². The molecule has 1 aliphatic carbocycles. The zero-order valence-electron chi connectivity index (χ0n) is 12.7. The van der Waals surface area contributed by atoms with Gasteiger partial charge >= 0.3 is 0 Å². The van der Waals surface area contributed by atoms with Gasteiger partial charge in [0.2, 0.25) is 0 Å². The molecule has 0 aromatic heterocycles. The first-order chi connectivity index (χ1) is 10.2. The molecule has 1 N–H and O–H groups in total. The third-order valence-corrected chi connectivity index (χ3v) is 5.87. The van der Waals surface area contributed by atoms with E-state index in [0.29, 0.717) is 23.8 Å². The highest BCUT2D eigenvalue weighted by Gasteiger charge is 2.58. The third-order valence-electron chi connectivity index (χ3n) is 5.34. The number of fused-ring (bicyclic) bond motifs is 1. The summed E-state index contributed by atoms with van der Waals surface area (Å²) in [7, 11) is 0. The number of rotatable bonds is 5. The summed E-state index contributed by atoms with van der Waals surface area (Å²) in [5.41, 5.74) is 1.26. The summed E-state index contributed by atoms with van der Waals surface area (Å²) in [6.45, 7) is 7.54. The Bertz CT molecular complexity index is 474. The van der Waals surface area contributed by atoms with E-state index in [4.69, 9.17) is 4.74 Å². The maximum atomic E-state index is 9.75. The van der Waals surface area contributed by atoms with Crippen molar-refractivity contribution in [3.05, 3.63) is 34.3 Å². The second-order valence-electron chi connectivity index (χ2n) is 6.10. The van der Waals surface area contributed by atoms with Gasteiger partial charge in [-0.3, -0.25) is 0 Å². The van der Waals surface area contributed by atoms with Crippen LogP contribution in [0.25, 0.3) is 0 Å². The van der Waals surface area contributed by atoms with Gasteiger partial charge in [0.05, 0.1) is 12.7 Å². The van der Waals surface area contributed by atoms with Crippen LogP contribution in [-0.2, 0) is 4.74 Å². The summed E-state index contributed by atoms with van der Waals surface area (Å²) in [5, 5.41) is 9.75. The van der Waals surface area contributed by atoms with Crippen molar-refractivity contribution in [2.24, 2.45) is 17.8 Å². The van der Waals surface area contributed by atoms with Gasteiger partial charge in [-0.05, 0) is 36.7 Å². The molecular formula is C17H24BrNO2. The number of hydrogen-bond donors (Lipinski definition) is 1. The third kappa shape index (κ3) is 2.56. The number of hydrogen-bond acceptors (Lipinski definition) is 3. The van der Waals surface area contributed by atoms with Gasteiger partial charge in [0, 0.05) is 29.0 Å². The van der Waals surface area contributed by atoms with Gasteiger partial charge in [-0.2, -0.15) is 0 Å². The van der Waals surface area contributed by atoms with E-state index in [0.717, 1.165) is 24.2 Å². The van der Waals surface area contributed by atoms with Crippen molar-refractivity contribution in [2.45, 2.75) is 26.0 Å². The van der Waals surface area contributed by atoms with E-state index < -0.39 is 0 Å². The number of nitrogens with zero attached hydrogens (tertiary/aromatic N) is 1. The van der Waals surface area contributed by atoms with Crippen LogP contribution in [0.15, 0.2) is 28.7 Å². The zero-order valence-corrected chi connectivity index (χ0v) is 14.3. The van der Waals surface area contributed by atoms with Crippen LogP contribution in [0.4, 0.5) is 0 Å². The fourth-order valence-electron chi connectivity index (χ4n) is 4.27. The molecular weight excluding hydrogens is 330 g/mol. The van der Waals surface area contributed by atoms with Crippen LogP contribution < -0.4 is 0 Å². The van der Waals surface area contributed by atoms with Crippen LogP contribution in [-0.4, -0.2) is 42.4 Å². The van der Waals surface area contributed by atoms with Crippen molar-refractivity contribution in [1.82, 2.24) is 4.90 Å². The molecule has 1 heterocycles. The highest BCUT2D eigenvalue weighted by molar-refractivity contribution is 9.10. The minimum atomic E-state index is 0.177. The Morgan fingerprint density at radius 2 is 1.90 bits per heavy atom. The van der Waals surface area contributed by atoms with Crippen LogP contribution in [0.1, 0.15) is 25.5 Å². The molecule has 1 saturated heterocycles. The van der Waals surface area contributed by atoms with Gasteiger partial charge in [0.15, 0.2) is 0 Å². The minimum Gasteiger partial charge on any atom is -0.396 e. The van der Waals surface area contributed by atoms with Crippen molar-refractivity contribution < 1.29 is 9.84 Å². The Balaban J connectivity index is 1.84. The summed E-state index contributed by atoms with van der Waals surface area (Å²) < 4.78 is 7.21. The Hall–Kier alpha value is -0.420. The van der Waals surface area contributed by atoms with E-state index in [1.807, 2.05) is 0 Å². The summed E-state index contributed by atoms with van der Waals surface area (Å²) in [6.07, 6.45) is 0.177. The Labute approximate surface area is 135 Å². The highest BCUT2D eigenvalue weighted by Crippen LogP contribution is 2.55. The van der Waals surface area contributed by atoms with Crippen LogP contribution in [0.5, 0.6) is 0 Å². The normalized spacial score (nSPS) is 34.8. The van der Waals surface area contributed by atoms with Crippen LogP contribution >= 0.6 is 15.9 Å². The van der Waals surface area contributed by atoms with Crippen molar-refractivity contribution >= 4 is 15.9 Å². The molecule has 116 valence electrons. The monoisotopic (exact) mass is 353 g/mol. The van der Waals surface area contributed by atoms with Crippen molar-refractivity contribution in [3.8, 4) is 0 Å². The molecule has 2 fully saturated rings. The van der Waals surface area contributed by atoms with E-state index >= 15 is 0 Å². The number of aliphatic hydroxyl groups excluding tert-OH is 1. The standard InChI is InChI=1S/C17H24BrNO2/c1-3-19(4-2)16-13(9-20)14-10-21-17(15(14)16)11-5-7-12(18)8-6-11/h5-8,13-17,20H,3-4,9-10H2,1-2H3/t13-,14+,15+,16+,17+/m0/s1. The van der Waals surface area contributed by atoms with E-state index in [9.17, 15) is 5.11 Å². The molecule has 1 aromatic rings. The second-order valence-corrected chi connectivity index (χ2v) is 7.02. The summed E-state index contributed by atoms with van der Waals surface area (Å²) in [6, 6.07) is 8.93. The minimum absolute atomic E-state index is 0.177. The molecule has 4 heteroatoms. The molecule has 1 aromatic carbocycles. The topological polar surface area (TPSA) is 32.7 Å². The second kappa shape index (κ2) is 6.37. The average molecular weight is 354 g/mol. The van der Waals surface area contributed by atoms with E-state index in [1.54, 1.807) is 0 Å². The summed E-state index contributed by atoms with van der Waals surface area (Å²) in [5.74, 6) is 1.40. The van der Waals surface area contributed by atoms with Gasteiger partial charge < -0.3 is 14.7 Å². The summed E-state index contributed by atoms with van der Waals surface area (Å²) in [4.78, 5) is 2.49. The number of halogens is 1. The number of benzene rings is 1. The van der Waals surface area contributed by atoms with Crippen LogP contribution in [0.3, 0.4) is 0 Å². The molecule has 1 saturated carbocycles. The van der Waals surface area contributed by atoms with Crippen LogP contribution in [0.2, 0.25) is 0 Å². The van der Waals surface area contributed by atoms with E-state index in [1.165, 1.54) is 5.56 Å². The fourth-order valence-corrected chi connectivity index (χ4v) is 4.53. The first-order valence-electron chi connectivity index (χ1n) is 7.93. The van der Waals surface area contributed by atoms with E-state index in [-0.39, 0.29) is 12.7 Å². The molecule has 3 rings (SSSR count). The predicted octanol–water partition coefficient (Wildman–Crippen LogP) is 3.09. The quantitative estimate of drug-likeness (QED) is 0.882. The smallest absolute Gasteiger partial charge is 0.0871 e. The number of aliphatic hydroxyl groups is 1. The Morgan fingerprint density at radius 3 is 2.48 bits per heavy atom. The molecule has 3 nitrogen and oxygen atoms in total. The Morgan fingerprint density at radius 1 is 1.24 bits per heavy atom. The number of ether oxygens (including phenoxy) is 1. The molecule has 5 atom stereocenters. The lowest BCUT2D eigenvalue weighted by Gasteiger charge is -2.53. The van der Waals surface area contributed by atoms with Gasteiger partial charge in [0.1, 0.15) is 0 Å². The first-order valence-corrected chi connectivity index (χ1v) is 8.72. The zero-order chi connectivity index (χ0) is 15.0. The average Bonchev–Trinajstić information content (AvgIpc) is 2.85. The SMILES string of the molecule is CCN(CC)[C@@H]1[C@@H](CO)[C@H]2CO[C@H](c3ccc(Br)cc3)[C@H]21. The van der Waals surface area contributed by atoms with Crippen LogP contribution in [0, 0.1) is 17.8 Å². The van der Waals surface area contributed by atoms with Gasteiger partial charge in [-0.15, -0.1) is 0 Å². The first kappa shape index (κ1) is 15.5. The van der Waals surface area contributed by atoms with E-state index in [2.05, 4.69) is 58.9 Å². The molecule has 2 aliphatic rings. The fraction of sp³-hybridized carbons (Fsp3) is 0.647. The largest absolute Gasteiger partial charge is 0.396 e. The summed E-state index contributed by atoms with van der Waals surface area (Å²) >= 11 is 3.49. The molecule has 0 bridgehead atoms. The van der Waals surface area contributed by atoms with Crippen molar-refractivity contribution in [1.29, 1.82) is 0 Å². The van der Waals surface area contributed by atoms with Gasteiger partial charge in [0.25, 0.3) is 0 Å². The lowest BCUT2D eigenvalue weighted by atomic mass is 9.59. The van der Waals surface area contributed by atoms with Crippen molar-refractivity contribution in [3.63, 3.8) is 0 Å². The molecule has 0 amide bonds. The molecule has 1 aliphatic heterocycles. The molecule has 0 radical (unpaired) electrons. The molecule has 21 heavy (non-hydrogen) atoms. The Kier molecular flexibility index (Phi) is 4.69. The maximum Gasteiger partial charge on any atom is 0.0871 e. The highest BCUT2D eigenvalue weighted by atomic mass is 79.9. The molecule has 0 spiro atoms. The lowest BCUT2D eigenvalue weighted by Crippen LogP contribution is -2.61. The maximum absolute atomic E-state index is 9.75. The molecule has 0 unspecified atom stereocenters. The van der Waals surface area contributed by atoms with Gasteiger partial charge in [-0.1, -0.05) is 41.9 Å². The predicted molar refractivity (Wildman–Crippen MR) is 87.1 cm³/mol.